The van der Waals surface area contributed by atoms with Gasteiger partial charge in [0.1, 0.15) is 10.9 Å². The van der Waals surface area contributed by atoms with Crippen molar-refractivity contribution in [3.63, 3.8) is 0 Å². The topological polar surface area (TPSA) is 230 Å². The number of carbonyl (C=O) groups excluding carboxylic acids is 5. The van der Waals surface area contributed by atoms with Crippen molar-refractivity contribution in [2.45, 2.75) is 51.5 Å². The Morgan fingerprint density at radius 2 is 1.44 bits per heavy atom. The van der Waals surface area contributed by atoms with Crippen LogP contribution in [-0.2, 0) is 38.9 Å². The maximum absolute atomic E-state index is 14.1. The predicted octanol–water partition coefficient (Wildman–Crippen LogP) is 4.23. The number of alkyl halides is 3. The molecule has 3 aliphatic heterocycles. The first-order chi connectivity index (χ1) is 33.9. The largest absolute Gasteiger partial charge is 0.501 e. The van der Waals surface area contributed by atoms with Crippen LogP contribution in [0.25, 0.3) is 0 Å². The highest BCUT2D eigenvalue weighted by Crippen LogP contribution is 2.37. The number of hydrogen-bond acceptors (Lipinski definition) is 16. The van der Waals surface area contributed by atoms with Crippen molar-refractivity contribution >= 4 is 72.5 Å². The second-order valence-corrected chi connectivity index (χ2v) is 21.4. The molecule has 0 bridgehead atoms. The maximum Gasteiger partial charge on any atom is 0.501 e. The first-order valence-electron chi connectivity index (χ1n) is 22.6. The molecular weight excluding hydrogens is 992 g/mol. The van der Waals surface area contributed by atoms with Gasteiger partial charge in [0.15, 0.2) is 0 Å². The number of ether oxygens (including phenoxy) is 2. The van der Waals surface area contributed by atoms with Gasteiger partial charge in [0.2, 0.25) is 11.8 Å². The zero-order valence-electron chi connectivity index (χ0n) is 38.2. The minimum absolute atomic E-state index is 0.0253. The number of carbonyl (C=O) groups is 5. The van der Waals surface area contributed by atoms with Crippen molar-refractivity contribution in [3.8, 4) is 0 Å². The van der Waals surface area contributed by atoms with Crippen molar-refractivity contribution in [1.82, 2.24) is 24.7 Å². The van der Waals surface area contributed by atoms with E-state index in [-0.39, 0.29) is 36.1 Å². The van der Waals surface area contributed by atoms with E-state index in [2.05, 4.69) is 25.8 Å². The number of benzene rings is 4. The van der Waals surface area contributed by atoms with E-state index in [4.69, 9.17) is 9.47 Å². The molecule has 18 nitrogen and oxygen atoms in total. The highest BCUT2D eigenvalue weighted by molar-refractivity contribution is 7.99. The predicted molar refractivity (Wildman–Crippen MR) is 256 cm³/mol. The molecule has 0 unspecified atom stereocenters. The third-order valence-corrected chi connectivity index (χ3v) is 15.9. The van der Waals surface area contributed by atoms with E-state index in [0.29, 0.717) is 76.5 Å². The number of sulfone groups is 1. The van der Waals surface area contributed by atoms with Gasteiger partial charge in [-0.15, -0.1) is 11.8 Å². The first-order valence-corrected chi connectivity index (χ1v) is 26.6. The second kappa shape index (κ2) is 23.6. The number of halogens is 3. The smallest absolute Gasteiger partial charge is 0.382 e. The molecule has 4 aromatic carbocycles. The Morgan fingerprint density at radius 1 is 0.775 bits per heavy atom. The Morgan fingerprint density at radius 3 is 2.11 bits per heavy atom. The molecule has 380 valence electrons. The van der Waals surface area contributed by atoms with E-state index >= 15 is 0 Å². The minimum Gasteiger partial charge on any atom is -0.382 e. The van der Waals surface area contributed by atoms with Crippen molar-refractivity contribution in [3.05, 3.63) is 114 Å². The van der Waals surface area contributed by atoms with Crippen LogP contribution < -0.4 is 20.7 Å². The highest BCUT2D eigenvalue weighted by Gasteiger charge is 2.49. The number of fused-ring (bicyclic) bond motifs is 1. The second-order valence-electron chi connectivity index (χ2n) is 16.7. The highest BCUT2D eigenvalue weighted by atomic mass is 32.2. The SMILES string of the molecule is O=C1CC[C@@H](N2C(=O)c3cccc(NCCOCCOCCN4CCN(CC[C@H](CSc5ccccc5)Nc5ccc(S(=O)(=O)NC(=O)c6ccccc6)cc5S(=O)(=O)C(F)(F)F)CC4)c3C2=O)C(=O)N1. The molecule has 2 saturated heterocycles. The van der Waals surface area contributed by atoms with Gasteiger partial charge in [-0.2, -0.15) is 13.2 Å². The summed E-state index contributed by atoms with van der Waals surface area (Å²) in [5.74, 6) is -3.05. The molecule has 24 heteroatoms. The molecule has 4 aromatic rings. The molecule has 3 aliphatic rings. The molecule has 5 amide bonds. The number of thioether (sulfide) groups is 1. The summed E-state index contributed by atoms with van der Waals surface area (Å²) in [6, 6.07) is 22.0. The third kappa shape index (κ3) is 13.3. The van der Waals surface area contributed by atoms with Crippen molar-refractivity contribution in [2.75, 3.05) is 88.6 Å². The lowest BCUT2D eigenvalue weighted by Crippen LogP contribution is -2.54. The van der Waals surface area contributed by atoms with Gasteiger partial charge >= 0.3 is 5.51 Å². The summed E-state index contributed by atoms with van der Waals surface area (Å²) in [5.41, 5.74) is -5.47. The van der Waals surface area contributed by atoms with Gasteiger partial charge in [-0.3, -0.25) is 39.1 Å². The number of piperidine rings is 1. The normalized spacial score (nSPS) is 17.5. The van der Waals surface area contributed by atoms with Crippen LogP contribution in [0, 0.1) is 0 Å². The van der Waals surface area contributed by atoms with Gasteiger partial charge in [0, 0.05) is 80.2 Å². The van der Waals surface area contributed by atoms with Crippen LogP contribution in [0.15, 0.2) is 112 Å². The number of anilines is 2. The number of sulfonamides is 1. The van der Waals surface area contributed by atoms with Crippen molar-refractivity contribution < 1.29 is 63.5 Å². The molecule has 0 aromatic heterocycles. The van der Waals surface area contributed by atoms with Gasteiger partial charge in [0.05, 0.1) is 48.1 Å². The molecular formula is C47H52F3N7O11S3. The van der Waals surface area contributed by atoms with Crippen LogP contribution in [0.1, 0.15) is 50.3 Å². The van der Waals surface area contributed by atoms with Crippen LogP contribution in [-0.4, -0.2) is 157 Å². The zero-order chi connectivity index (χ0) is 50.8. The summed E-state index contributed by atoms with van der Waals surface area (Å²) in [6.45, 7) is 5.66. The average Bonchev–Trinajstić information content (AvgIpc) is 3.60. The molecule has 4 N–H and O–H groups in total. The summed E-state index contributed by atoms with van der Waals surface area (Å²) in [5, 5.41) is 8.30. The summed E-state index contributed by atoms with van der Waals surface area (Å²) >= 11 is 1.42. The van der Waals surface area contributed by atoms with Gasteiger partial charge in [-0.1, -0.05) is 42.5 Å². The molecule has 0 spiro atoms. The third-order valence-electron chi connectivity index (χ3n) is 11.9. The molecule has 0 aliphatic carbocycles. The fourth-order valence-electron chi connectivity index (χ4n) is 8.11. The van der Waals surface area contributed by atoms with Gasteiger partial charge in [0.25, 0.3) is 37.6 Å². The van der Waals surface area contributed by atoms with Crippen LogP contribution >= 0.6 is 11.8 Å². The Kier molecular flexibility index (Phi) is 17.6. The Balaban J connectivity index is 0.860. The van der Waals surface area contributed by atoms with Crippen LogP contribution in [0.3, 0.4) is 0 Å². The van der Waals surface area contributed by atoms with E-state index < -0.39 is 82.5 Å². The standard InChI is InChI=1S/C47H52F3N7O11S3/c48-47(49,50)70(63,64)40-30-35(71(65,66)54-43(59)32-8-3-1-4-9-32)14-15-37(40)52-33(31-69-34-10-5-2-6-11-34)18-20-55-21-23-56(24-22-55)25-27-68-29-28-67-26-19-51-38-13-7-12-36-42(38)46(62)57(45(36)61)39-16-17-41(58)53-44(39)60/h1-15,30,33,39,51-52H,16-29,31H2,(H,54,59)(H,53,58,60)/t33-,39-/m1/s1. The van der Waals surface area contributed by atoms with Crippen LogP contribution in [0.2, 0.25) is 0 Å². The summed E-state index contributed by atoms with van der Waals surface area (Å²) < 4.78 is 108. The lowest BCUT2D eigenvalue weighted by molar-refractivity contribution is -0.136. The fraction of sp³-hybridized carbons (Fsp3) is 0.383. The van der Waals surface area contributed by atoms with E-state index in [1.165, 1.54) is 42.1 Å². The van der Waals surface area contributed by atoms with Crippen LogP contribution in [0.4, 0.5) is 24.5 Å². The number of piperazine rings is 1. The lowest BCUT2D eigenvalue weighted by Gasteiger charge is -2.35. The lowest BCUT2D eigenvalue weighted by atomic mass is 10.0. The number of hydrogen-bond donors (Lipinski definition) is 4. The average molecular weight is 1040 g/mol. The molecule has 0 saturated carbocycles. The number of nitrogens with one attached hydrogen (secondary N) is 4. The monoisotopic (exact) mass is 1040 g/mol. The van der Waals surface area contributed by atoms with Crippen molar-refractivity contribution in [2.24, 2.45) is 0 Å². The van der Waals surface area contributed by atoms with E-state index in [0.717, 1.165) is 35.0 Å². The Bertz CT molecular complexity index is 2800. The number of rotatable bonds is 23. The Labute approximate surface area is 412 Å². The van der Waals surface area contributed by atoms with Gasteiger partial charge in [-0.05, 0) is 67.4 Å². The van der Waals surface area contributed by atoms with E-state index in [1.54, 1.807) is 22.9 Å². The first kappa shape index (κ1) is 52.9. The van der Waals surface area contributed by atoms with Gasteiger partial charge < -0.3 is 25.0 Å². The number of imide groups is 2. The molecule has 2 atom stereocenters. The number of nitrogens with zero attached hydrogens (tertiary/aromatic N) is 3. The van der Waals surface area contributed by atoms with E-state index in [1.807, 2.05) is 30.3 Å². The molecule has 3 heterocycles. The maximum atomic E-state index is 14.1. The number of amides is 5. The zero-order valence-corrected chi connectivity index (χ0v) is 40.6. The Hall–Kier alpha value is -5.89. The summed E-state index contributed by atoms with van der Waals surface area (Å²) in [7, 11) is -10.9. The van der Waals surface area contributed by atoms with Gasteiger partial charge in [-0.25, -0.2) is 21.6 Å². The molecule has 0 radical (unpaired) electrons. The quantitative estimate of drug-likeness (QED) is 0.0463. The minimum atomic E-state index is -6.08. The van der Waals surface area contributed by atoms with Crippen molar-refractivity contribution in [1.29, 1.82) is 0 Å². The summed E-state index contributed by atoms with van der Waals surface area (Å²) in [4.78, 5) is 67.2. The molecule has 2 fully saturated rings. The van der Waals surface area contributed by atoms with E-state index in [9.17, 15) is 54.0 Å². The van der Waals surface area contributed by atoms with Crippen LogP contribution in [0.5, 0.6) is 0 Å². The molecule has 71 heavy (non-hydrogen) atoms. The fourth-order valence-corrected chi connectivity index (χ4v) is 11.1. The molecule has 7 rings (SSSR count). The summed E-state index contributed by atoms with van der Waals surface area (Å²) in [6.07, 6.45) is 0.481.